The van der Waals surface area contributed by atoms with Crippen LogP contribution in [0, 0.1) is 40.9 Å². The molecule has 28 heavy (non-hydrogen) atoms. The third kappa shape index (κ3) is 2.79. The van der Waals surface area contributed by atoms with Crippen LogP contribution in [-0.2, 0) is 7.05 Å². The van der Waals surface area contributed by atoms with Gasteiger partial charge in [0.05, 0.1) is 11.8 Å². The van der Waals surface area contributed by atoms with E-state index in [9.17, 15) is 9.90 Å². The zero-order chi connectivity index (χ0) is 19.7. The second-order valence-electron chi connectivity index (χ2n) is 11.0. The summed E-state index contributed by atoms with van der Waals surface area (Å²) >= 11 is 0. The van der Waals surface area contributed by atoms with Crippen molar-refractivity contribution in [3.05, 3.63) is 11.9 Å². The van der Waals surface area contributed by atoms with Gasteiger partial charge in [0.15, 0.2) is 5.78 Å². The average Bonchev–Trinajstić information content (AvgIpc) is 3.23. The van der Waals surface area contributed by atoms with Crippen LogP contribution in [0.25, 0.3) is 0 Å². The molecule has 5 rings (SSSR count). The Morgan fingerprint density at radius 3 is 2.61 bits per heavy atom. The van der Waals surface area contributed by atoms with Crippen LogP contribution in [0.1, 0.15) is 82.1 Å². The summed E-state index contributed by atoms with van der Waals surface area (Å²) in [7, 11) is 1.83. The van der Waals surface area contributed by atoms with E-state index in [1.54, 1.807) is 10.9 Å². The molecule has 0 radical (unpaired) electrons. The third-order valence-corrected chi connectivity index (χ3v) is 9.41. The number of hydrogen-bond acceptors (Lipinski definition) is 4. The fourth-order valence-corrected chi connectivity index (χ4v) is 8.15. The van der Waals surface area contributed by atoms with Crippen LogP contribution in [0.2, 0.25) is 0 Å². The minimum atomic E-state index is -0.446. The largest absolute Gasteiger partial charge is 0.390 e. The summed E-state index contributed by atoms with van der Waals surface area (Å²) in [5, 5.41) is 18.7. The molecule has 1 aromatic rings. The average molecular weight is 386 g/mol. The molecule has 0 saturated heterocycles. The van der Waals surface area contributed by atoms with E-state index in [4.69, 9.17) is 0 Å². The van der Waals surface area contributed by atoms with Gasteiger partial charge in [-0.05, 0) is 99.7 Å². The molecular weight excluding hydrogens is 350 g/mol. The number of ketones is 1. The molecule has 4 aliphatic rings. The van der Waals surface area contributed by atoms with Gasteiger partial charge in [0.2, 0.25) is 0 Å². The summed E-state index contributed by atoms with van der Waals surface area (Å²) in [6, 6.07) is 0. The van der Waals surface area contributed by atoms with Gasteiger partial charge >= 0.3 is 0 Å². The Balaban J connectivity index is 1.36. The third-order valence-electron chi connectivity index (χ3n) is 9.41. The molecule has 5 nitrogen and oxygen atoms in total. The molecule has 1 aromatic heterocycles. The molecule has 4 fully saturated rings. The first-order chi connectivity index (χ1) is 13.3. The highest BCUT2D eigenvalue weighted by atomic mass is 16.3. The Kier molecular flexibility index (Phi) is 4.28. The van der Waals surface area contributed by atoms with Crippen LogP contribution in [0.5, 0.6) is 0 Å². The van der Waals surface area contributed by atoms with Gasteiger partial charge in [-0.2, -0.15) is 0 Å². The molecular formula is C23H35N3O2. The highest BCUT2D eigenvalue weighted by molar-refractivity contribution is 5.96. The van der Waals surface area contributed by atoms with Crippen molar-refractivity contribution in [2.24, 2.45) is 48.0 Å². The van der Waals surface area contributed by atoms with Crippen molar-refractivity contribution in [1.29, 1.82) is 0 Å². The maximum Gasteiger partial charge on any atom is 0.188 e. The van der Waals surface area contributed by atoms with Crippen LogP contribution in [0.4, 0.5) is 0 Å². The molecule has 1 N–H and O–H groups in total. The number of aliphatic hydroxyl groups is 1. The molecule has 0 spiro atoms. The summed E-state index contributed by atoms with van der Waals surface area (Å²) < 4.78 is 1.64. The first-order valence-corrected chi connectivity index (χ1v) is 11.4. The van der Waals surface area contributed by atoms with Crippen LogP contribution < -0.4 is 0 Å². The number of nitrogens with zero attached hydrogens (tertiary/aromatic N) is 3. The summed E-state index contributed by atoms with van der Waals surface area (Å²) in [5.41, 5.74) is 0.233. The number of carbonyl (C=O) groups excluding carboxylic acids is 1. The zero-order valence-corrected chi connectivity index (χ0v) is 17.6. The number of rotatable bonds is 2. The lowest BCUT2D eigenvalue weighted by Gasteiger charge is -2.56. The predicted molar refractivity (Wildman–Crippen MR) is 107 cm³/mol. The van der Waals surface area contributed by atoms with E-state index >= 15 is 0 Å². The van der Waals surface area contributed by atoms with Crippen molar-refractivity contribution >= 4 is 5.78 Å². The van der Waals surface area contributed by atoms with Crippen molar-refractivity contribution in [1.82, 2.24) is 15.0 Å². The highest BCUT2D eigenvalue weighted by Gasteiger charge is 2.59. The fourth-order valence-electron chi connectivity index (χ4n) is 8.15. The number of Topliss-reactive ketones (excluding diaryl/α,β-unsaturated/α-hetero) is 1. The topological polar surface area (TPSA) is 68.0 Å². The smallest absolute Gasteiger partial charge is 0.188 e. The second-order valence-corrected chi connectivity index (χ2v) is 11.0. The number of carbonyl (C=O) groups is 1. The lowest BCUT2D eigenvalue weighted by Crippen LogP contribution is -2.51. The quantitative estimate of drug-likeness (QED) is 0.781. The van der Waals surface area contributed by atoms with Crippen molar-refractivity contribution in [2.75, 3.05) is 0 Å². The van der Waals surface area contributed by atoms with Crippen LogP contribution in [0.15, 0.2) is 6.20 Å². The second kappa shape index (κ2) is 6.38. The van der Waals surface area contributed by atoms with Gasteiger partial charge in [0.25, 0.3) is 0 Å². The minimum absolute atomic E-state index is 0.111. The number of hydrogen-bond donors (Lipinski definition) is 1. The van der Waals surface area contributed by atoms with Crippen LogP contribution in [-0.4, -0.2) is 31.5 Å². The Labute approximate surface area is 168 Å². The Morgan fingerprint density at radius 2 is 1.86 bits per heavy atom. The molecule has 154 valence electrons. The molecule has 0 amide bonds. The van der Waals surface area contributed by atoms with Gasteiger partial charge in [-0.1, -0.05) is 12.1 Å². The molecule has 5 heteroatoms. The van der Waals surface area contributed by atoms with Gasteiger partial charge in [-0.3, -0.25) is 9.48 Å². The van der Waals surface area contributed by atoms with Crippen molar-refractivity contribution in [3.63, 3.8) is 0 Å². The molecule has 8 atom stereocenters. The van der Waals surface area contributed by atoms with Crippen LogP contribution >= 0.6 is 0 Å². The molecule has 0 unspecified atom stereocenters. The first kappa shape index (κ1) is 18.8. The van der Waals surface area contributed by atoms with E-state index in [1.165, 1.54) is 38.5 Å². The van der Waals surface area contributed by atoms with E-state index in [0.29, 0.717) is 17.5 Å². The minimum Gasteiger partial charge on any atom is -0.390 e. The van der Waals surface area contributed by atoms with E-state index in [1.807, 2.05) is 14.0 Å². The van der Waals surface area contributed by atoms with Crippen molar-refractivity contribution in [2.45, 2.75) is 77.2 Å². The summed E-state index contributed by atoms with van der Waals surface area (Å²) in [6.07, 6.45) is 12.2. The van der Waals surface area contributed by atoms with Crippen LogP contribution in [0.3, 0.4) is 0 Å². The molecule has 0 bridgehead atoms. The maximum absolute atomic E-state index is 13.2. The van der Waals surface area contributed by atoms with Crippen molar-refractivity contribution in [3.8, 4) is 0 Å². The van der Waals surface area contributed by atoms with Gasteiger partial charge in [0.1, 0.15) is 5.69 Å². The fraction of sp³-hybridized carbons (Fsp3) is 0.870. The standard InChI is InChI=1S/C23H35N3O2/c1-22(28)10-8-15-14(12-22)4-5-17-16(15)9-11-23(2)18(17)6-7-19(23)21(27)20-13-26(3)25-24-20/h13-19,28H,4-12H2,1-3H3/t14-,15+,16-,17-,18+,19-,22-,23+/m1/s1. The Bertz CT molecular complexity index is 772. The zero-order valence-electron chi connectivity index (χ0n) is 17.6. The van der Waals surface area contributed by atoms with Gasteiger partial charge < -0.3 is 5.11 Å². The van der Waals surface area contributed by atoms with E-state index in [2.05, 4.69) is 17.2 Å². The predicted octanol–water partition coefficient (Wildman–Crippen LogP) is 4.02. The summed E-state index contributed by atoms with van der Waals surface area (Å²) in [5.74, 6) is 4.13. The maximum atomic E-state index is 13.2. The SMILES string of the molecule is Cn1cc(C(=O)[C@H]2CC[C@H]3[C@@H]4CC[C@@H]5C[C@](C)(O)CC[C@@H]5[C@H]4CC[C@]23C)nn1. The normalized spacial score (nSPS) is 47.9. The molecule has 1 heterocycles. The van der Waals surface area contributed by atoms with Crippen molar-refractivity contribution < 1.29 is 9.90 Å². The summed E-state index contributed by atoms with van der Waals surface area (Å²) in [6.45, 7) is 4.43. The first-order valence-electron chi connectivity index (χ1n) is 11.4. The van der Waals surface area contributed by atoms with E-state index in [0.717, 1.165) is 37.0 Å². The Hall–Kier alpha value is -1.23. The molecule has 0 aromatic carbocycles. The molecule has 0 aliphatic heterocycles. The lowest BCUT2D eigenvalue weighted by atomic mass is 9.49. The molecule has 4 saturated carbocycles. The van der Waals surface area contributed by atoms with Gasteiger partial charge in [-0.25, -0.2) is 0 Å². The van der Waals surface area contributed by atoms with E-state index in [-0.39, 0.29) is 17.1 Å². The number of aryl methyl sites for hydroxylation is 1. The monoisotopic (exact) mass is 385 g/mol. The summed E-state index contributed by atoms with van der Waals surface area (Å²) in [4.78, 5) is 13.2. The van der Waals surface area contributed by atoms with Gasteiger partial charge in [0, 0.05) is 13.0 Å². The lowest BCUT2D eigenvalue weighted by molar-refractivity contribution is -0.0976. The number of fused-ring (bicyclic) bond motifs is 5. The Morgan fingerprint density at radius 1 is 1.07 bits per heavy atom. The highest BCUT2D eigenvalue weighted by Crippen LogP contribution is 2.64. The van der Waals surface area contributed by atoms with E-state index < -0.39 is 5.60 Å². The van der Waals surface area contributed by atoms with Gasteiger partial charge in [-0.15, -0.1) is 5.10 Å². The number of aromatic nitrogens is 3. The molecule has 4 aliphatic carbocycles.